The summed E-state index contributed by atoms with van der Waals surface area (Å²) in [6, 6.07) is -0.570. The molecule has 1 fully saturated rings. The van der Waals surface area contributed by atoms with Gasteiger partial charge in [0.2, 0.25) is 0 Å². The summed E-state index contributed by atoms with van der Waals surface area (Å²) in [5.74, 6) is -0.257. The van der Waals surface area contributed by atoms with E-state index in [1.807, 2.05) is 9.80 Å². The summed E-state index contributed by atoms with van der Waals surface area (Å²) in [4.78, 5) is 20.3. The van der Waals surface area contributed by atoms with E-state index in [2.05, 4.69) is 16.8 Å². The van der Waals surface area contributed by atoms with Gasteiger partial charge in [0.05, 0.1) is 38.5 Å². The minimum Gasteiger partial charge on any atom is -0.465 e. The molecule has 2 atom stereocenters. The Morgan fingerprint density at radius 2 is 1.57 bits per heavy atom. The van der Waals surface area contributed by atoms with Crippen molar-refractivity contribution in [2.24, 2.45) is 5.73 Å². The summed E-state index contributed by atoms with van der Waals surface area (Å²) >= 11 is 0. The zero-order valence-electron chi connectivity index (χ0n) is 17.4. The molecule has 0 amide bonds. The number of aliphatic hydroxyl groups excluding tert-OH is 3. The number of nitrogens with two attached hydrogens (primary N) is 1. The Labute approximate surface area is 168 Å². The van der Waals surface area contributed by atoms with Crippen LogP contribution in [0, 0.1) is 0 Å². The zero-order chi connectivity index (χ0) is 20.9. The van der Waals surface area contributed by atoms with Gasteiger partial charge >= 0.3 is 5.97 Å². The molecule has 10 nitrogen and oxygen atoms in total. The van der Waals surface area contributed by atoms with Crippen LogP contribution >= 0.6 is 0 Å². The van der Waals surface area contributed by atoms with Crippen molar-refractivity contribution in [3.8, 4) is 0 Å². The lowest BCUT2D eigenvalue weighted by Gasteiger charge is -2.37. The van der Waals surface area contributed by atoms with Gasteiger partial charge in [0.25, 0.3) is 0 Å². The third-order valence-corrected chi connectivity index (χ3v) is 5.21. The topological polar surface area (TPSA) is 126 Å². The second-order valence-corrected chi connectivity index (χ2v) is 7.22. The second kappa shape index (κ2) is 14.2. The molecular formula is C18H39N5O5. The van der Waals surface area contributed by atoms with Gasteiger partial charge in [-0.15, -0.1) is 0 Å². The highest BCUT2D eigenvalue weighted by Gasteiger charge is 2.26. The van der Waals surface area contributed by atoms with Crippen molar-refractivity contribution in [1.82, 2.24) is 19.6 Å². The number of likely N-dealkylation sites (N-methyl/N-ethyl adjacent to an activating group) is 1. The SMILES string of the molecule is CCOC(=O)CN1CCN(C)CCN(CN)CCN([C@H](CO)[C@H](O)CO)CC1. The van der Waals surface area contributed by atoms with Gasteiger partial charge in [0.15, 0.2) is 0 Å². The number of nitrogens with zero attached hydrogens (tertiary/aromatic N) is 4. The van der Waals surface area contributed by atoms with Crippen LogP contribution in [-0.4, -0.2) is 145 Å². The molecular weight excluding hydrogens is 366 g/mol. The summed E-state index contributed by atoms with van der Waals surface area (Å²) in [6.07, 6.45) is -1.03. The monoisotopic (exact) mass is 405 g/mol. The molecule has 166 valence electrons. The second-order valence-electron chi connectivity index (χ2n) is 7.22. The highest BCUT2D eigenvalue weighted by Crippen LogP contribution is 2.07. The Morgan fingerprint density at radius 1 is 1.00 bits per heavy atom. The van der Waals surface area contributed by atoms with Crippen LogP contribution in [0.4, 0.5) is 0 Å². The molecule has 28 heavy (non-hydrogen) atoms. The van der Waals surface area contributed by atoms with E-state index >= 15 is 0 Å². The van der Waals surface area contributed by atoms with Crippen LogP contribution in [0.5, 0.6) is 0 Å². The Kier molecular flexibility index (Phi) is 12.8. The number of hydrogen-bond acceptors (Lipinski definition) is 10. The van der Waals surface area contributed by atoms with Crippen LogP contribution < -0.4 is 5.73 Å². The molecule has 1 aliphatic rings. The van der Waals surface area contributed by atoms with Crippen molar-refractivity contribution in [3.63, 3.8) is 0 Å². The minimum atomic E-state index is -1.03. The van der Waals surface area contributed by atoms with Crippen molar-refractivity contribution in [1.29, 1.82) is 0 Å². The van der Waals surface area contributed by atoms with E-state index in [0.29, 0.717) is 46.0 Å². The zero-order valence-corrected chi connectivity index (χ0v) is 17.4. The molecule has 0 radical (unpaired) electrons. The number of aliphatic hydroxyl groups is 3. The van der Waals surface area contributed by atoms with Crippen molar-refractivity contribution in [3.05, 3.63) is 0 Å². The molecule has 0 aromatic heterocycles. The highest BCUT2D eigenvalue weighted by atomic mass is 16.5. The van der Waals surface area contributed by atoms with Crippen LogP contribution in [0.25, 0.3) is 0 Å². The first kappa shape index (κ1) is 25.2. The maximum absolute atomic E-state index is 12.0. The van der Waals surface area contributed by atoms with E-state index in [-0.39, 0.29) is 19.1 Å². The normalized spacial score (nSPS) is 22.2. The minimum absolute atomic E-state index is 0.205. The van der Waals surface area contributed by atoms with Crippen LogP contribution in [0.2, 0.25) is 0 Å². The number of esters is 1. The van der Waals surface area contributed by atoms with E-state index < -0.39 is 18.8 Å². The first-order chi connectivity index (χ1) is 13.4. The first-order valence-corrected chi connectivity index (χ1v) is 10.1. The number of carbonyl (C=O) groups is 1. The molecule has 5 N–H and O–H groups in total. The lowest BCUT2D eigenvalue weighted by molar-refractivity contribution is -0.144. The molecule has 0 aromatic carbocycles. The molecule has 10 heteroatoms. The molecule has 0 unspecified atom stereocenters. The number of hydrogen-bond donors (Lipinski definition) is 4. The summed E-state index contributed by atoms with van der Waals surface area (Å²) in [6.45, 7) is 7.69. The highest BCUT2D eigenvalue weighted by molar-refractivity contribution is 5.71. The molecule has 1 heterocycles. The maximum atomic E-state index is 12.0. The molecule has 1 aliphatic heterocycles. The van der Waals surface area contributed by atoms with Crippen LogP contribution in [0.1, 0.15) is 6.92 Å². The fourth-order valence-corrected chi connectivity index (χ4v) is 3.27. The van der Waals surface area contributed by atoms with E-state index in [0.717, 1.165) is 19.6 Å². The van der Waals surface area contributed by atoms with Gasteiger partial charge in [-0.25, -0.2) is 0 Å². The number of ether oxygens (including phenoxy) is 1. The molecule has 0 spiro atoms. The third kappa shape index (κ3) is 9.10. The molecule has 0 aliphatic carbocycles. The largest absolute Gasteiger partial charge is 0.465 e. The molecule has 0 saturated carbocycles. The van der Waals surface area contributed by atoms with E-state index in [1.165, 1.54) is 0 Å². The smallest absolute Gasteiger partial charge is 0.320 e. The molecule has 0 bridgehead atoms. The van der Waals surface area contributed by atoms with Gasteiger partial charge in [-0.2, -0.15) is 0 Å². The predicted molar refractivity (Wildman–Crippen MR) is 107 cm³/mol. The van der Waals surface area contributed by atoms with E-state index in [1.54, 1.807) is 6.92 Å². The molecule has 1 rings (SSSR count). The van der Waals surface area contributed by atoms with Crippen LogP contribution in [0.3, 0.4) is 0 Å². The fraction of sp³-hybridized carbons (Fsp3) is 0.944. The average Bonchev–Trinajstić information content (AvgIpc) is 2.68. The van der Waals surface area contributed by atoms with Crippen LogP contribution in [-0.2, 0) is 9.53 Å². The van der Waals surface area contributed by atoms with Crippen molar-refractivity contribution >= 4 is 5.97 Å². The predicted octanol–water partition coefficient (Wildman–Crippen LogP) is -2.97. The average molecular weight is 406 g/mol. The van der Waals surface area contributed by atoms with Crippen molar-refractivity contribution in [2.75, 3.05) is 92.4 Å². The fourth-order valence-electron chi connectivity index (χ4n) is 3.27. The Balaban J connectivity index is 2.89. The number of carbonyl (C=O) groups excluding carboxylic acids is 1. The van der Waals surface area contributed by atoms with Crippen LogP contribution in [0.15, 0.2) is 0 Å². The standard InChI is InChI=1S/C18H39N5O5/c1-3-28-18(27)12-21-6-4-20(2)5-7-22(15-19)9-11-23(10-8-21)16(13-24)17(26)14-25/h16-17,24-26H,3-15,19H2,1-2H3/t16-,17-/m1/s1. The van der Waals surface area contributed by atoms with Gasteiger partial charge in [0.1, 0.15) is 0 Å². The van der Waals surface area contributed by atoms with Gasteiger partial charge in [-0.3, -0.25) is 19.5 Å². The molecule has 1 saturated heterocycles. The van der Waals surface area contributed by atoms with Gasteiger partial charge in [0, 0.05) is 59.0 Å². The summed E-state index contributed by atoms with van der Waals surface area (Å²) in [5, 5.41) is 29.2. The Bertz CT molecular complexity index is 431. The number of rotatable bonds is 8. The summed E-state index contributed by atoms with van der Waals surface area (Å²) < 4.78 is 5.08. The van der Waals surface area contributed by atoms with Gasteiger partial charge in [-0.05, 0) is 14.0 Å². The van der Waals surface area contributed by atoms with Gasteiger partial charge < -0.3 is 30.7 Å². The van der Waals surface area contributed by atoms with Crippen molar-refractivity contribution < 1.29 is 24.9 Å². The Morgan fingerprint density at radius 3 is 2.11 bits per heavy atom. The Hall–Kier alpha value is -0.850. The summed E-state index contributed by atoms with van der Waals surface area (Å²) in [5.41, 5.74) is 5.87. The van der Waals surface area contributed by atoms with Crippen molar-refractivity contribution in [2.45, 2.75) is 19.1 Å². The first-order valence-electron chi connectivity index (χ1n) is 10.1. The third-order valence-electron chi connectivity index (χ3n) is 5.21. The summed E-state index contributed by atoms with van der Waals surface area (Å²) in [7, 11) is 2.05. The van der Waals surface area contributed by atoms with E-state index in [4.69, 9.17) is 10.5 Å². The maximum Gasteiger partial charge on any atom is 0.320 e. The quantitative estimate of drug-likeness (QED) is 0.311. The van der Waals surface area contributed by atoms with E-state index in [9.17, 15) is 20.1 Å². The lowest BCUT2D eigenvalue weighted by Crippen LogP contribution is -2.54. The lowest BCUT2D eigenvalue weighted by atomic mass is 10.1. The van der Waals surface area contributed by atoms with Gasteiger partial charge in [-0.1, -0.05) is 0 Å². The molecule has 0 aromatic rings.